The molecule has 3 heteroatoms. The molecule has 19 heavy (non-hydrogen) atoms. The molecule has 0 aromatic heterocycles. The Balaban J connectivity index is 2.32. The summed E-state index contributed by atoms with van der Waals surface area (Å²) in [5, 5.41) is 3.49. The predicted molar refractivity (Wildman–Crippen MR) is 83.5 cm³/mol. The van der Waals surface area contributed by atoms with Gasteiger partial charge in [-0.15, -0.1) is 0 Å². The van der Waals surface area contributed by atoms with Gasteiger partial charge in [0.25, 0.3) is 0 Å². The summed E-state index contributed by atoms with van der Waals surface area (Å²) in [6.45, 7) is 9.45. The van der Waals surface area contributed by atoms with Gasteiger partial charge in [-0.25, -0.2) is 0 Å². The summed E-state index contributed by atoms with van der Waals surface area (Å²) < 4.78 is 6.32. The van der Waals surface area contributed by atoms with Gasteiger partial charge in [0.05, 0.1) is 11.6 Å². The first-order chi connectivity index (χ1) is 8.77. The van der Waals surface area contributed by atoms with Crippen molar-refractivity contribution in [3.63, 3.8) is 0 Å². The standard InChI is InChI=1S/C16H24BrNO/c1-15(2)14(16(15,3)4)13(18-5)10-7-8-12(19-6)11(17)9-10/h7-9,13-14,18H,1-6H3. The molecule has 1 unspecified atom stereocenters. The van der Waals surface area contributed by atoms with Crippen LogP contribution in [0.25, 0.3) is 0 Å². The van der Waals surface area contributed by atoms with Crippen LogP contribution < -0.4 is 10.1 Å². The van der Waals surface area contributed by atoms with Crippen molar-refractivity contribution in [3.8, 4) is 5.75 Å². The van der Waals surface area contributed by atoms with Gasteiger partial charge in [0.2, 0.25) is 0 Å². The second-order valence-electron chi connectivity index (χ2n) is 6.58. The first-order valence-electron chi connectivity index (χ1n) is 6.78. The smallest absolute Gasteiger partial charge is 0.133 e. The summed E-state index contributed by atoms with van der Waals surface area (Å²) in [6, 6.07) is 6.75. The molecule has 1 aliphatic rings. The predicted octanol–water partition coefficient (Wildman–Crippen LogP) is 4.40. The van der Waals surface area contributed by atoms with Crippen LogP contribution in [0.2, 0.25) is 0 Å². The number of methoxy groups -OCH3 is 1. The van der Waals surface area contributed by atoms with Crippen LogP contribution in [-0.2, 0) is 0 Å². The molecule has 1 fully saturated rings. The molecule has 0 aliphatic heterocycles. The largest absolute Gasteiger partial charge is 0.496 e. The molecule has 1 N–H and O–H groups in total. The van der Waals surface area contributed by atoms with E-state index in [1.807, 2.05) is 13.1 Å². The molecule has 2 nitrogen and oxygen atoms in total. The molecular formula is C16H24BrNO. The van der Waals surface area contributed by atoms with E-state index in [0.717, 1.165) is 10.2 Å². The fraction of sp³-hybridized carbons (Fsp3) is 0.625. The van der Waals surface area contributed by atoms with E-state index in [1.54, 1.807) is 7.11 Å². The number of halogens is 1. The molecule has 1 saturated carbocycles. The van der Waals surface area contributed by atoms with E-state index in [4.69, 9.17) is 4.74 Å². The summed E-state index contributed by atoms with van der Waals surface area (Å²) >= 11 is 3.58. The molecule has 1 atom stereocenters. The third kappa shape index (κ3) is 2.21. The molecule has 0 saturated heterocycles. The third-order valence-electron chi connectivity index (χ3n) is 5.31. The van der Waals surface area contributed by atoms with E-state index in [-0.39, 0.29) is 0 Å². The van der Waals surface area contributed by atoms with Crippen LogP contribution in [0.5, 0.6) is 5.75 Å². The highest BCUT2D eigenvalue weighted by molar-refractivity contribution is 9.10. The Hall–Kier alpha value is -0.540. The van der Waals surface area contributed by atoms with Crippen molar-refractivity contribution in [3.05, 3.63) is 28.2 Å². The van der Waals surface area contributed by atoms with Crippen molar-refractivity contribution in [1.82, 2.24) is 5.32 Å². The summed E-state index contributed by atoms with van der Waals surface area (Å²) in [5.74, 6) is 1.53. The van der Waals surface area contributed by atoms with Crippen LogP contribution in [0, 0.1) is 16.7 Å². The number of ether oxygens (including phenoxy) is 1. The van der Waals surface area contributed by atoms with E-state index >= 15 is 0 Å². The average Bonchev–Trinajstić information content (AvgIpc) is 2.73. The molecule has 0 amide bonds. The molecule has 0 heterocycles. The van der Waals surface area contributed by atoms with Gasteiger partial charge in [0.1, 0.15) is 5.75 Å². The Morgan fingerprint density at radius 3 is 2.16 bits per heavy atom. The van der Waals surface area contributed by atoms with Gasteiger partial charge in [0.15, 0.2) is 0 Å². The second kappa shape index (κ2) is 4.78. The normalized spacial score (nSPS) is 22.1. The lowest BCUT2D eigenvalue weighted by Crippen LogP contribution is -2.21. The highest BCUT2D eigenvalue weighted by atomic mass is 79.9. The quantitative estimate of drug-likeness (QED) is 0.885. The van der Waals surface area contributed by atoms with Crippen LogP contribution in [-0.4, -0.2) is 14.2 Å². The van der Waals surface area contributed by atoms with E-state index < -0.39 is 0 Å². The lowest BCUT2D eigenvalue weighted by Gasteiger charge is -2.20. The Bertz CT molecular complexity index is 468. The number of rotatable bonds is 4. The van der Waals surface area contributed by atoms with E-state index in [1.165, 1.54) is 5.56 Å². The fourth-order valence-corrected chi connectivity index (χ4v) is 4.04. The van der Waals surface area contributed by atoms with Gasteiger partial charge >= 0.3 is 0 Å². The Labute approximate surface area is 125 Å². The first kappa shape index (κ1) is 14.9. The van der Waals surface area contributed by atoms with Gasteiger partial charge in [-0.1, -0.05) is 33.8 Å². The number of benzene rings is 1. The van der Waals surface area contributed by atoms with Crippen molar-refractivity contribution in [2.24, 2.45) is 16.7 Å². The summed E-state index contributed by atoms with van der Waals surface area (Å²) in [4.78, 5) is 0. The van der Waals surface area contributed by atoms with Gasteiger partial charge in [-0.3, -0.25) is 0 Å². The molecule has 106 valence electrons. The van der Waals surface area contributed by atoms with Crippen molar-refractivity contribution >= 4 is 15.9 Å². The molecule has 2 rings (SSSR count). The van der Waals surface area contributed by atoms with Crippen molar-refractivity contribution in [2.45, 2.75) is 33.7 Å². The Morgan fingerprint density at radius 2 is 1.79 bits per heavy atom. The first-order valence-corrected chi connectivity index (χ1v) is 7.57. The Morgan fingerprint density at radius 1 is 1.21 bits per heavy atom. The molecule has 0 spiro atoms. The maximum absolute atomic E-state index is 5.30. The molecule has 0 bridgehead atoms. The van der Waals surface area contributed by atoms with Gasteiger partial charge < -0.3 is 10.1 Å². The number of hydrogen-bond acceptors (Lipinski definition) is 2. The molecular weight excluding hydrogens is 302 g/mol. The van der Waals surface area contributed by atoms with Crippen LogP contribution >= 0.6 is 15.9 Å². The molecule has 0 radical (unpaired) electrons. The third-order valence-corrected chi connectivity index (χ3v) is 5.93. The van der Waals surface area contributed by atoms with Crippen LogP contribution in [0.1, 0.15) is 39.3 Å². The maximum atomic E-state index is 5.30. The monoisotopic (exact) mass is 325 g/mol. The van der Waals surface area contributed by atoms with E-state index in [0.29, 0.717) is 22.8 Å². The van der Waals surface area contributed by atoms with Crippen LogP contribution in [0.3, 0.4) is 0 Å². The average molecular weight is 326 g/mol. The molecule has 1 aromatic rings. The lowest BCUT2D eigenvalue weighted by atomic mass is 9.96. The van der Waals surface area contributed by atoms with Gasteiger partial charge in [0, 0.05) is 6.04 Å². The number of hydrogen-bond donors (Lipinski definition) is 1. The Kier molecular flexibility index (Phi) is 3.74. The highest BCUT2D eigenvalue weighted by Crippen LogP contribution is 2.72. The molecule has 1 aliphatic carbocycles. The topological polar surface area (TPSA) is 21.3 Å². The van der Waals surface area contributed by atoms with Crippen molar-refractivity contribution < 1.29 is 4.74 Å². The zero-order valence-corrected chi connectivity index (χ0v) is 14.3. The SMILES string of the molecule is CNC(c1ccc(OC)c(Br)c1)C1C(C)(C)C1(C)C. The van der Waals surface area contributed by atoms with E-state index in [9.17, 15) is 0 Å². The van der Waals surface area contributed by atoms with Crippen molar-refractivity contribution in [2.75, 3.05) is 14.2 Å². The van der Waals surface area contributed by atoms with Crippen LogP contribution in [0.15, 0.2) is 22.7 Å². The minimum absolute atomic E-state index is 0.368. The minimum Gasteiger partial charge on any atom is -0.496 e. The van der Waals surface area contributed by atoms with Gasteiger partial charge in [-0.05, 0) is 57.4 Å². The lowest BCUT2D eigenvalue weighted by molar-refractivity contribution is 0.409. The highest BCUT2D eigenvalue weighted by Gasteiger charge is 2.67. The zero-order valence-electron chi connectivity index (χ0n) is 12.7. The maximum Gasteiger partial charge on any atom is 0.133 e. The number of nitrogens with one attached hydrogen (secondary N) is 1. The van der Waals surface area contributed by atoms with Crippen LogP contribution in [0.4, 0.5) is 0 Å². The fourth-order valence-electron chi connectivity index (χ4n) is 3.48. The summed E-state index contributed by atoms with van der Waals surface area (Å²) in [5.41, 5.74) is 2.05. The molecule has 1 aromatic carbocycles. The summed E-state index contributed by atoms with van der Waals surface area (Å²) in [6.07, 6.45) is 0. The summed E-state index contributed by atoms with van der Waals surface area (Å²) in [7, 11) is 3.75. The second-order valence-corrected chi connectivity index (χ2v) is 7.44. The minimum atomic E-state index is 0.368. The van der Waals surface area contributed by atoms with Crippen molar-refractivity contribution in [1.29, 1.82) is 0 Å². The van der Waals surface area contributed by atoms with E-state index in [2.05, 4.69) is 61.1 Å². The van der Waals surface area contributed by atoms with Gasteiger partial charge in [-0.2, -0.15) is 0 Å². The zero-order chi connectivity index (χ0) is 14.4.